The number of benzene rings is 2. The summed E-state index contributed by atoms with van der Waals surface area (Å²) in [5, 5.41) is 15.8. The number of sulfonamides is 1. The summed E-state index contributed by atoms with van der Waals surface area (Å²) in [7, 11) is -7.33. The van der Waals surface area contributed by atoms with E-state index < -0.39 is 24.6 Å². The second kappa shape index (κ2) is 10.6. The van der Waals surface area contributed by atoms with Gasteiger partial charge in [-0.15, -0.1) is 15.7 Å². The molecule has 37 heavy (non-hydrogen) atoms. The van der Waals surface area contributed by atoms with Crippen LogP contribution in [0.25, 0.3) is 11.3 Å². The standard InChI is InChI=1S/C21H17ClN5O7PS2/c1-26-18(6-7-24-26)17-11-15(22)2-4-20(17)34-19-5-3-16(10-14(19)12-23)37(31,32)25-21-27(8-9-36-21)13-33-35(28,29)30/h2-11H,13H2,1H3,(H2,28,29,30). The van der Waals surface area contributed by atoms with Gasteiger partial charge < -0.3 is 14.5 Å². The van der Waals surface area contributed by atoms with E-state index in [1.807, 2.05) is 6.07 Å². The van der Waals surface area contributed by atoms with Gasteiger partial charge in [-0.05, 0) is 42.5 Å². The van der Waals surface area contributed by atoms with Gasteiger partial charge in [-0.2, -0.15) is 18.8 Å². The number of nitriles is 1. The number of phosphoric ester groups is 1. The SMILES string of the molecule is Cn1nccc1-c1cc(Cl)ccc1Oc1ccc(S(=O)(=O)N=c2sccn2COP(=O)(O)O)cc1C#N. The fourth-order valence-electron chi connectivity index (χ4n) is 3.16. The first-order chi connectivity index (χ1) is 17.5. The lowest BCUT2D eigenvalue weighted by Crippen LogP contribution is -2.17. The third-order valence-corrected chi connectivity index (χ3v) is 7.71. The summed E-state index contributed by atoms with van der Waals surface area (Å²) < 4.78 is 53.7. The number of halogens is 1. The molecule has 2 N–H and O–H groups in total. The average molecular weight is 582 g/mol. The molecule has 0 saturated heterocycles. The Morgan fingerprint density at radius 2 is 1.97 bits per heavy atom. The van der Waals surface area contributed by atoms with Crippen LogP contribution >= 0.6 is 30.8 Å². The van der Waals surface area contributed by atoms with Gasteiger partial charge in [0, 0.05) is 35.4 Å². The van der Waals surface area contributed by atoms with Gasteiger partial charge in [0.1, 0.15) is 24.3 Å². The molecule has 0 spiro atoms. The van der Waals surface area contributed by atoms with Crippen LogP contribution in [0.15, 0.2) is 69.5 Å². The molecule has 0 fully saturated rings. The van der Waals surface area contributed by atoms with E-state index in [0.29, 0.717) is 22.0 Å². The van der Waals surface area contributed by atoms with Crippen molar-refractivity contribution in [3.63, 3.8) is 0 Å². The number of aromatic nitrogens is 3. The molecule has 0 radical (unpaired) electrons. The van der Waals surface area contributed by atoms with Gasteiger partial charge in [-0.1, -0.05) is 11.6 Å². The Morgan fingerprint density at radius 1 is 1.22 bits per heavy atom. The number of ether oxygens (including phenoxy) is 1. The lowest BCUT2D eigenvalue weighted by molar-refractivity contribution is 0.152. The van der Waals surface area contributed by atoms with Gasteiger partial charge in [0.2, 0.25) is 4.80 Å². The maximum Gasteiger partial charge on any atom is 0.471 e. The molecule has 0 amide bonds. The molecule has 12 nitrogen and oxygen atoms in total. The van der Waals surface area contributed by atoms with Crippen molar-refractivity contribution >= 4 is 40.8 Å². The minimum absolute atomic E-state index is 0.0638. The molecular weight excluding hydrogens is 565 g/mol. The highest BCUT2D eigenvalue weighted by Gasteiger charge is 2.19. The lowest BCUT2D eigenvalue weighted by atomic mass is 10.1. The molecule has 2 aromatic carbocycles. The Bertz CT molecular complexity index is 1730. The summed E-state index contributed by atoms with van der Waals surface area (Å²) >= 11 is 7.08. The maximum absolute atomic E-state index is 12.9. The van der Waals surface area contributed by atoms with E-state index in [2.05, 4.69) is 14.0 Å². The van der Waals surface area contributed by atoms with E-state index in [0.717, 1.165) is 22.0 Å². The summed E-state index contributed by atoms with van der Waals surface area (Å²) in [6, 6.07) is 12.3. The number of hydrogen-bond acceptors (Lipinski definition) is 8. The van der Waals surface area contributed by atoms with Crippen molar-refractivity contribution in [3.8, 4) is 28.8 Å². The first-order valence-electron chi connectivity index (χ1n) is 10.1. The number of thiazole rings is 1. The second-order valence-corrected chi connectivity index (χ2v) is 11.5. The third kappa shape index (κ3) is 6.35. The fourth-order valence-corrected chi connectivity index (χ4v) is 5.57. The molecular formula is C21H17ClN5O7PS2. The molecule has 0 bridgehead atoms. The number of rotatable bonds is 8. The third-order valence-electron chi connectivity index (χ3n) is 4.85. The topological polar surface area (TPSA) is 169 Å². The highest BCUT2D eigenvalue weighted by molar-refractivity contribution is 7.90. The zero-order valence-corrected chi connectivity index (χ0v) is 22.1. The van der Waals surface area contributed by atoms with Crippen LogP contribution in [-0.4, -0.2) is 32.6 Å². The smallest absolute Gasteiger partial charge is 0.455 e. The van der Waals surface area contributed by atoms with Gasteiger partial charge in [-0.3, -0.25) is 13.8 Å². The molecule has 4 rings (SSSR count). The molecule has 2 heterocycles. The van der Waals surface area contributed by atoms with E-state index in [1.165, 1.54) is 23.7 Å². The predicted molar refractivity (Wildman–Crippen MR) is 133 cm³/mol. The molecule has 0 aliphatic rings. The van der Waals surface area contributed by atoms with E-state index in [-0.39, 0.29) is 21.0 Å². The summed E-state index contributed by atoms with van der Waals surface area (Å²) in [4.78, 5) is 17.4. The van der Waals surface area contributed by atoms with Gasteiger partial charge >= 0.3 is 7.82 Å². The number of nitrogens with zero attached hydrogens (tertiary/aromatic N) is 5. The van der Waals surface area contributed by atoms with Crippen LogP contribution < -0.4 is 9.54 Å². The van der Waals surface area contributed by atoms with Gasteiger partial charge in [-0.25, -0.2) is 4.57 Å². The molecule has 4 aromatic rings. The minimum atomic E-state index is -4.78. The molecule has 0 atom stereocenters. The van der Waals surface area contributed by atoms with E-state index in [4.69, 9.17) is 26.1 Å². The highest BCUT2D eigenvalue weighted by atomic mass is 35.5. The van der Waals surface area contributed by atoms with Crippen molar-refractivity contribution in [2.45, 2.75) is 11.6 Å². The first kappa shape index (κ1) is 26.8. The average Bonchev–Trinajstić information content (AvgIpc) is 3.46. The molecule has 0 aliphatic heterocycles. The zero-order valence-electron chi connectivity index (χ0n) is 18.8. The maximum atomic E-state index is 12.9. The van der Waals surface area contributed by atoms with E-state index in [1.54, 1.807) is 42.2 Å². The quantitative estimate of drug-likeness (QED) is 0.295. The Balaban J connectivity index is 1.68. The van der Waals surface area contributed by atoms with Crippen LogP contribution in [0.4, 0.5) is 0 Å². The summed E-state index contributed by atoms with van der Waals surface area (Å²) in [5.74, 6) is 0.475. The monoisotopic (exact) mass is 581 g/mol. The number of phosphoric acid groups is 1. The van der Waals surface area contributed by atoms with Crippen molar-refractivity contribution in [2.24, 2.45) is 11.4 Å². The van der Waals surface area contributed by atoms with Crippen LogP contribution in [0.1, 0.15) is 5.56 Å². The van der Waals surface area contributed by atoms with Crippen molar-refractivity contribution in [1.29, 1.82) is 5.26 Å². The minimum Gasteiger partial charge on any atom is -0.455 e. The highest BCUT2D eigenvalue weighted by Crippen LogP contribution is 2.37. The van der Waals surface area contributed by atoms with Gasteiger partial charge in [0.25, 0.3) is 10.0 Å². The zero-order chi connectivity index (χ0) is 26.8. The Labute approximate surface area is 219 Å². The van der Waals surface area contributed by atoms with Gasteiger partial charge in [0.05, 0.1) is 16.2 Å². The molecule has 16 heteroatoms. The normalized spacial score (nSPS) is 12.5. The lowest BCUT2D eigenvalue weighted by Gasteiger charge is -2.13. The summed E-state index contributed by atoms with van der Waals surface area (Å²) in [6.07, 6.45) is 2.97. The molecule has 0 saturated carbocycles. The Morgan fingerprint density at radius 3 is 2.65 bits per heavy atom. The summed E-state index contributed by atoms with van der Waals surface area (Å²) in [5.41, 5.74) is 1.26. The molecule has 0 unspecified atom stereocenters. The Hall–Kier alpha value is -3.28. The molecule has 2 aromatic heterocycles. The van der Waals surface area contributed by atoms with Crippen LogP contribution in [0, 0.1) is 11.3 Å². The van der Waals surface area contributed by atoms with E-state index >= 15 is 0 Å². The van der Waals surface area contributed by atoms with Crippen LogP contribution in [-0.2, 0) is 32.9 Å². The van der Waals surface area contributed by atoms with Crippen molar-refractivity contribution in [2.75, 3.05) is 0 Å². The predicted octanol–water partition coefficient (Wildman–Crippen LogP) is 3.62. The van der Waals surface area contributed by atoms with Crippen LogP contribution in [0.2, 0.25) is 5.02 Å². The van der Waals surface area contributed by atoms with Crippen molar-refractivity contribution < 1.29 is 32.0 Å². The summed E-state index contributed by atoms with van der Waals surface area (Å²) in [6.45, 7) is -0.613. The van der Waals surface area contributed by atoms with Crippen LogP contribution in [0.3, 0.4) is 0 Å². The second-order valence-electron chi connectivity index (χ2n) is 7.32. The molecule has 192 valence electrons. The molecule has 0 aliphatic carbocycles. The van der Waals surface area contributed by atoms with Crippen molar-refractivity contribution in [3.05, 3.63) is 75.6 Å². The van der Waals surface area contributed by atoms with Gasteiger partial charge in [0.15, 0.2) is 0 Å². The van der Waals surface area contributed by atoms with Crippen LogP contribution in [0.5, 0.6) is 11.5 Å². The van der Waals surface area contributed by atoms with E-state index in [9.17, 15) is 18.2 Å². The first-order valence-corrected chi connectivity index (χ1v) is 14.3. The van der Waals surface area contributed by atoms with Crippen molar-refractivity contribution in [1.82, 2.24) is 14.3 Å². The largest absolute Gasteiger partial charge is 0.471 e. The fraction of sp³-hybridized carbons (Fsp3) is 0.0952. The Kier molecular flexibility index (Phi) is 7.67. The number of aryl methyl sites for hydroxylation is 1. The number of hydrogen-bond donors (Lipinski definition) is 2.